The lowest BCUT2D eigenvalue weighted by molar-refractivity contribution is -0.953. The van der Waals surface area contributed by atoms with Gasteiger partial charge in [0.15, 0.2) is 17.4 Å². The molecule has 3 amide bonds. The Bertz CT molecular complexity index is 3860. The van der Waals surface area contributed by atoms with Gasteiger partial charge in [0.1, 0.15) is 47.7 Å². The number of phenolic OH excluding ortho intramolecular Hbond substituents is 1. The largest absolute Gasteiger partial charge is 0.508 e. The Morgan fingerprint density at radius 3 is 2.52 bits per heavy atom. The standard InChI is InChI=1S/C69H78F2N10O7S/c1-7-51-54(70)18-15-44-25-49(82)27-52(56(44)51)58-57(71)59-53(33-73-58)60(63-69-29-47-16-17-48(30-69)81(47,63)69)77-65(76-59)88-37-68-22-19-45(80(68)34-39(2)28-68)36-87-66(86)78-23-20-41(21-24-78)9-8-10-55(84)75-62(67(4,5)6)64(85)79-35-50(83)26-46(79)32-72-31-42-11-13-43(14-12-42)61-40(3)74-38-89-61/h1,11-15,18,25,27,33,38,41,45-48,50,62-63,72,83H,2,8-10,16-17,19-24,26,28-32,34-37H2,3-6H3,(H-,75,82,84)/p+1/t45-,46-,47?,48?,50+,62+,63?,68-,69?,81?/m0/s1. The first-order valence-corrected chi connectivity index (χ1v) is 32.8. The Hall–Kier alpha value is -7.15. The first-order valence-electron chi connectivity index (χ1n) is 31.9. The maximum atomic E-state index is 17.5. The molecule has 0 radical (unpaired) electrons. The highest BCUT2D eigenvalue weighted by Gasteiger charge is 3.00. The molecule has 1 spiro atoms. The first-order chi connectivity index (χ1) is 42.8. The van der Waals surface area contributed by atoms with Gasteiger partial charge in [-0.05, 0) is 104 Å². The molecule has 11 heterocycles. The van der Waals surface area contributed by atoms with Crippen molar-refractivity contribution in [3.63, 3.8) is 0 Å². The monoisotopic (exact) mass is 1230 g/mol. The summed E-state index contributed by atoms with van der Waals surface area (Å²) in [5.41, 5.74) is 6.01. The van der Waals surface area contributed by atoms with Crippen molar-refractivity contribution >= 4 is 50.9 Å². The molecule has 466 valence electrons. The molecule has 8 atom stereocenters. The number of benzene rings is 3. The highest BCUT2D eigenvalue weighted by atomic mass is 32.1. The van der Waals surface area contributed by atoms with Gasteiger partial charge in [0.2, 0.25) is 11.8 Å². The third kappa shape index (κ3) is 10.1. The Morgan fingerprint density at radius 1 is 1.01 bits per heavy atom. The van der Waals surface area contributed by atoms with Crippen LogP contribution < -0.4 is 15.4 Å². The molecule has 0 saturated carbocycles. The normalized spacial score (nSPS) is 28.0. The summed E-state index contributed by atoms with van der Waals surface area (Å²) in [6.07, 6.45) is 17.1. The summed E-state index contributed by atoms with van der Waals surface area (Å²) in [4.78, 5) is 67.6. The minimum Gasteiger partial charge on any atom is -0.508 e. The summed E-state index contributed by atoms with van der Waals surface area (Å²) in [6, 6.07) is 14.2. The molecule has 8 fully saturated rings. The topological polar surface area (TPSA) is 195 Å². The van der Waals surface area contributed by atoms with Gasteiger partial charge in [-0.2, -0.15) is 9.97 Å². The summed E-state index contributed by atoms with van der Waals surface area (Å²) in [7, 11) is 0. The molecular weight excluding hydrogens is 1150 g/mol. The van der Waals surface area contributed by atoms with E-state index < -0.39 is 34.7 Å². The lowest BCUT2D eigenvalue weighted by Crippen LogP contribution is -2.65. The number of terminal acetylenes is 1. The van der Waals surface area contributed by atoms with E-state index in [-0.39, 0.29) is 107 Å². The number of aliphatic hydroxyl groups excluding tert-OH is 1. The van der Waals surface area contributed by atoms with E-state index in [0.29, 0.717) is 80.8 Å². The van der Waals surface area contributed by atoms with E-state index in [1.807, 2.05) is 33.2 Å². The predicted octanol–water partition coefficient (Wildman–Crippen LogP) is 10.0. The molecule has 8 aliphatic heterocycles. The first kappa shape index (κ1) is 59.5. The van der Waals surface area contributed by atoms with Gasteiger partial charge in [0, 0.05) is 93.1 Å². The molecule has 3 aromatic carbocycles. The predicted molar refractivity (Wildman–Crippen MR) is 334 cm³/mol. The van der Waals surface area contributed by atoms with Crippen LogP contribution in [0.3, 0.4) is 0 Å². The number of β-amino-alcohol motifs (C(OH)–C–C–N with tert-alkyl or cyclic N) is 1. The quantitative estimate of drug-likeness (QED) is 0.0275. The number of halogens is 2. The van der Waals surface area contributed by atoms with Gasteiger partial charge >= 0.3 is 12.1 Å². The van der Waals surface area contributed by atoms with E-state index in [2.05, 4.69) is 62.3 Å². The summed E-state index contributed by atoms with van der Waals surface area (Å²) < 4.78 is 46.5. The fourth-order valence-electron chi connectivity index (χ4n) is 17.6. The number of aromatic hydroxyl groups is 1. The summed E-state index contributed by atoms with van der Waals surface area (Å²) in [5, 5.41) is 29.4. The number of hydrogen-bond acceptors (Lipinski definition) is 14. The van der Waals surface area contributed by atoms with Crippen LogP contribution in [-0.4, -0.2) is 161 Å². The van der Waals surface area contributed by atoms with Crippen LogP contribution in [0.25, 0.3) is 43.4 Å². The van der Waals surface area contributed by atoms with Gasteiger partial charge in [0.05, 0.1) is 58.2 Å². The lowest BCUT2D eigenvalue weighted by Gasteiger charge is -2.50. The average molecular weight is 1230 g/mol. The highest BCUT2D eigenvalue weighted by Crippen LogP contribution is 2.87. The maximum absolute atomic E-state index is 17.5. The number of nitrogens with one attached hydrogen (secondary N) is 2. The molecule has 14 rings (SSSR count). The van der Waals surface area contributed by atoms with Gasteiger partial charge in [-0.3, -0.25) is 24.0 Å². The number of ether oxygens (including phenoxy) is 2. The van der Waals surface area contributed by atoms with Crippen molar-refractivity contribution in [2.24, 2.45) is 11.3 Å². The SMILES string of the molecule is C#Cc1c(F)ccc2cc(O)cc(-c3ncc4c(C5C67CC8CCC(C6)[N+]857)nc(OC[C@@]56CC[C@@H](COC(=O)N7CCC(CCCC(=O)N[C@H](C(=O)N8C[C@H](O)C[C@H]8CNCc8ccc(-c9scnc9C)cc8)C(C)(C)C)CC7)N5CC(=C)C6)nc4c3F)c12. The number of carbonyl (C=O) groups is 3. The number of pyridine rings is 1. The molecule has 0 bridgehead atoms. The molecular formula is C69H79F2N10O7S+. The Morgan fingerprint density at radius 2 is 1.79 bits per heavy atom. The van der Waals surface area contributed by atoms with E-state index in [9.17, 15) is 24.6 Å². The molecule has 3 unspecified atom stereocenters. The number of fused-ring (bicyclic) bond motifs is 3. The van der Waals surface area contributed by atoms with Crippen molar-refractivity contribution in [2.45, 2.75) is 171 Å². The molecule has 8 saturated heterocycles. The maximum Gasteiger partial charge on any atom is 0.409 e. The van der Waals surface area contributed by atoms with Crippen LogP contribution in [0.5, 0.6) is 11.8 Å². The number of aromatic nitrogens is 4. The number of hydrogen-bond donors (Lipinski definition) is 4. The molecule has 6 aromatic rings. The van der Waals surface area contributed by atoms with Crippen LogP contribution in [0.2, 0.25) is 0 Å². The summed E-state index contributed by atoms with van der Waals surface area (Å²) in [6.45, 7) is 15.8. The van der Waals surface area contributed by atoms with E-state index >= 15 is 8.78 Å². The molecule has 17 nitrogen and oxygen atoms in total. The van der Waals surface area contributed by atoms with Gasteiger partial charge in [-0.1, -0.05) is 69.2 Å². The van der Waals surface area contributed by atoms with Crippen molar-refractivity contribution in [3.8, 4) is 45.8 Å². The fourth-order valence-corrected chi connectivity index (χ4v) is 18.4. The third-order valence-corrected chi connectivity index (χ3v) is 22.7. The number of aliphatic hydroxyl groups is 1. The fraction of sp³-hybridized carbons (Fsp3) is 0.522. The highest BCUT2D eigenvalue weighted by molar-refractivity contribution is 7.13. The van der Waals surface area contributed by atoms with E-state index in [1.54, 1.807) is 27.3 Å². The Kier molecular flexibility index (Phi) is 15.1. The molecule has 4 N–H and O–H groups in total. The number of rotatable bonds is 18. The van der Waals surface area contributed by atoms with Gasteiger partial charge in [0.25, 0.3) is 0 Å². The van der Waals surface area contributed by atoms with Crippen LogP contribution in [0.15, 0.2) is 72.4 Å². The number of likely N-dealkylation sites (tertiary alicyclic amines) is 2. The van der Waals surface area contributed by atoms with Crippen molar-refractivity contribution < 1.29 is 47.3 Å². The minimum absolute atomic E-state index is 0.0453. The van der Waals surface area contributed by atoms with Crippen molar-refractivity contribution in [1.82, 2.24) is 45.3 Å². The zero-order valence-electron chi connectivity index (χ0n) is 51.2. The Labute approximate surface area is 521 Å². The van der Waals surface area contributed by atoms with Gasteiger partial charge in [-0.25, -0.2) is 18.6 Å². The number of aryl methyl sites for hydroxylation is 1. The Balaban J connectivity index is 0.572. The van der Waals surface area contributed by atoms with E-state index in [4.69, 9.17) is 25.9 Å². The second-order valence-electron chi connectivity index (χ2n) is 28.0. The smallest absolute Gasteiger partial charge is 0.409 e. The summed E-state index contributed by atoms with van der Waals surface area (Å²) in [5.74, 6) is 0.886. The zero-order valence-corrected chi connectivity index (χ0v) is 52.0. The second-order valence-corrected chi connectivity index (χ2v) is 28.9. The van der Waals surface area contributed by atoms with Crippen LogP contribution in [0.1, 0.15) is 133 Å². The number of quaternary nitrogens is 1. The van der Waals surface area contributed by atoms with Crippen molar-refractivity contribution in [3.05, 3.63) is 107 Å². The summed E-state index contributed by atoms with van der Waals surface area (Å²) >= 11 is 1.62. The van der Waals surface area contributed by atoms with E-state index in [1.165, 1.54) is 37.1 Å². The average Bonchev–Trinajstić information content (AvgIpc) is 1.40. The second kappa shape index (κ2) is 22.7. The number of carbonyl (C=O) groups excluding carboxylic acids is 3. The van der Waals surface area contributed by atoms with Gasteiger partial charge < -0.3 is 40.1 Å². The van der Waals surface area contributed by atoms with Crippen molar-refractivity contribution in [2.75, 3.05) is 45.9 Å². The minimum atomic E-state index is -0.760. The molecule has 89 heavy (non-hydrogen) atoms. The number of piperidine rings is 2. The molecule has 3 aromatic heterocycles. The number of thiazole rings is 1. The van der Waals surface area contributed by atoms with Crippen LogP contribution in [0, 0.1) is 42.2 Å². The van der Waals surface area contributed by atoms with Gasteiger partial charge in [-0.15, -0.1) is 17.8 Å². The number of amides is 3. The number of nitrogens with zero attached hydrogens (tertiary/aromatic N) is 8. The molecule has 8 aliphatic rings. The van der Waals surface area contributed by atoms with Crippen molar-refractivity contribution in [1.29, 1.82) is 0 Å². The van der Waals surface area contributed by atoms with Crippen LogP contribution in [0.4, 0.5) is 13.6 Å². The third-order valence-electron chi connectivity index (χ3n) is 21.8. The van der Waals surface area contributed by atoms with E-state index in [0.717, 1.165) is 82.4 Å². The van der Waals surface area contributed by atoms with Crippen LogP contribution in [-0.2, 0) is 20.9 Å². The van der Waals surface area contributed by atoms with Crippen LogP contribution >= 0.6 is 11.3 Å². The molecule has 0 aliphatic carbocycles. The zero-order chi connectivity index (χ0) is 61.9. The number of phenols is 1. The molecule has 20 heteroatoms. The lowest BCUT2D eigenvalue weighted by atomic mass is 9.78.